The first-order valence-electron chi connectivity index (χ1n) is 10.2. The average molecular weight is 475 g/mol. The molecule has 1 aliphatic heterocycles. The Labute approximate surface area is 201 Å². The minimum absolute atomic E-state index is 0.144. The molecule has 170 valence electrons. The molecule has 1 saturated heterocycles. The molecule has 3 aromatic carbocycles. The van der Waals surface area contributed by atoms with Gasteiger partial charge in [-0.05, 0) is 48.5 Å². The van der Waals surface area contributed by atoms with E-state index in [1.807, 2.05) is 6.07 Å². The number of nitriles is 1. The van der Waals surface area contributed by atoms with Crippen LogP contribution < -0.4 is 14.4 Å². The molecule has 1 N–H and O–H groups in total. The topological polar surface area (TPSA) is 99.9 Å². The number of rotatable bonds is 5. The van der Waals surface area contributed by atoms with E-state index < -0.39 is 23.5 Å². The van der Waals surface area contributed by atoms with E-state index >= 15 is 0 Å². The minimum atomic E-state index is -1.01. The third kappa shape index (κ3) is 3.85. The number of hydrogen-bond acceptors (Lipinski definition) is 6. The van der Waals surface area contributed by atoms with Crippen molar-refractivity contribution in [1.82, 2.24) is 0 Å². The summed E-state index contributed by atoms with van der Waals surface area (Å²) in [6, 6.07) is 18.8. The van der Waals surface area contributed by atoms with Crippen molar-refractivity contribution in [1.29, 1.82) is 5.26 Å². The number of nitrogens with zero attached hydrogens (tertiary/aromatic N) is 2. The summed E-state index contributed by atoms with van der Waals surface area (Å²) in [7, 11) is 2.94. The Morgan fingerprint density at radius 3 is 2.38 bits per heavy atom. The van der Waals surface area contributed by atoms with Crippen molar-refractivity contribution < 1.29 is 24.2 Å². The highest BCUT2D eigenvalue weighted by molar-refractivity contribution is 6.52. The Balaban J connectivity index is 2.00. The number of halogens is 1. The number of carbonyl (C=O) groups excluding carboxylic acids is 2. The highest BCUT2D eigenvalue weighted by Gasteiger charge is 2.48. The number of aliphatic hydroxyl groups is 1. The molecule has 1 amide bonds. The number of para-hydroxylation sites is 1. The van der Waals surface area contributed by atoms with Crippen molar-refractivity contribution in [2.24, 2.45) is 0 Å². The van der Waals surface area contributed by atoms with Crippen molar-refractivity contribution in [3.63, 3.8) is 0 Å². The number of Topliss-reactive ketones (excluding diaryl/α,β-unsaturated/α-hetero) is 1. The Morgan fingerprint density at radius 1 is 1.03 bits per heavy atom. The van der Waals surface area contributed by atoms with Crippen molar-refractivity contribution in [2.45, 2.75) is 6.04 Å². The van der Waals surface area contributed by atoms with Crippen molar-refractivity contribution >= 4 is 34.7 Å². The largest absolute Gasteiger partial charge is 0.507 e. The van der Waals surface area contributed by atoms with Gasteiger partial charge in [0.15, 0.2) is 0 Å². The van der Waals surface area contributed by atoms with E-state index in [0.29, 0.717) is 28.3 Å². The fraction of sp³-hybridized carbons (Fsp3) is 0.115. The van der Waals surface area contributed by atoms with Crippen LogP contribution in [-0.2, 0) is 9.59 Å². The molecule has 0 spiro atoms. The van der Waals surface area contributed by atoms with Crippen LogP contribution in [-0.4, -0.2) is 31.0 Å². The highest BCUT2D eigenvalue weighted by atomic mass is 35.5. The molecule has 1 heterocycles. The lowest BCUT2D eigenvalue weighted by Crippen LogP contribution is -2.29. The van der Waals surface area contributed by atoms with Crippen LogP contribution in [0.3, 0.4) is 0 Å². The summed E-state index contributed by atoms with van der Waals surface area (Å²) in [6.07, 6.45) is 0. The number of anilines is 1. The van der Waals surface area contributed by atoms with E-state index in [0.717, 1.165) is 0 Å². The number of carbonyl (C=O) groups is 2. The van der Waals surface area contributed by atoms with Gasteiger partial charge in [-0.15, -0.1) is 0 Å². The summed E-state index contributed by atoms with van der Waals surface area (Å²) in [5.74, 6) is -1.30. The summed E-state index contributed by atoms with van der Waals surface area (Å²) in [5.41, 5.74) is 1.28. The van der Waals surface area contributed by atoms with Gasteiger partial charge in [-0.2, -0.15) is 5.26 Å². The summed E-state index contributed by atoms with van der Waals surface area (Å²) in [6.45, 7) is 0. The number of aliphatic hydroxyl groups excluding tert-OH is 1. The van der Waals surface area contributed by atoms with Gasteiger partial charge in [-0.3, -0.25) is 14.5 Å². The molecule has 1 fully saturated rings. The zero-order valence-corrected chi connectivity index (χ0v) is 19.0. The smallest absolute Gasteiger partial charge is 0.300 e. The molecule has 4 rings (SSSR count). The molecule has 0 bridgehead atoms. The first-order valence-corrected chi connectivity index (χ1v) is 10.6. The van der Waals surface area contributed by atoms with E-state index in [-0.39, 0.29) is 16.2 Å². The molecular weight excluding hydrogens is 456 g/mol. The van der Waals surface area contributed by atoms with Gasteiger partial charge in [-0.1, -0.05) is 29.8 Å². The summed E-state index contributed by atoms with van der Waals surface area (Å²) < 4.78 is 10.7. The first kappa shape index (κ1) is 22.9. The quantitative estimate of drug-likeness (QED) is 0.322. The normalized spacial score (nSPS) is 16.9. The lowest BCUT2D eigenvalue weighted by Gasteiger charge is -2.26. The van der Waals surface area contributed by atoms with Gasteiger partial charge >= 0.3 is 0 Å². The van der Waals surface area contributed by atoms with Gasteiger partial charge in [0.2, 0.25) is 0 Å². The Kier molecular flexibility index (Phi) is 6.26. The van der Waals surface area contributed by atoms with E-state index in [1.165, 1.54) is 31.3 Å². The van der Waals surface area contributed by atoms with Crippen molar-refractivity contribution in [3.05, 3.63) is 94.0 Å². The molecule has 7 nitrogen and oxygen atoms in total. The number of methoxy groups -OCH3 is 2. The fourth-order valence-electron chi connectivity index (χ4n) is 3.94. The highest BCUT2D eigenvalue weighted by Crippen LogP contribution is 2.45. The maximum atomic E-state index is 13.3. The van der Waals surface area contributed by atoms with Gasteiger partial charge in [0, 0.05) is 16.8 Å². The number of amides is 1. The molecule has 1 atom stereocenters. The van der Waals surface area contributed by atoms with Crippen LogP contribution in [0.15, 0.2) is 72.3 Å². The van der Waals surface area contributed by atoms with Crippen LogP contribution in [0.4, 0.5) is 5.69 Å². The molecule has 0 radical (unpaired) electrons. The molecule has 0 aliphatic carbocycles. The minimum Gasteiger partial charge on any atom is -0.507 e. The maximum absolute atomic E-state index is 13.3. The predicted octanol–water partition coefficient (Wildman–Crippen LogP) is 4.86. The van der Waals surface area contributed by atoms with Gasteiger partial charge in [0.1, 0.15) is 17.3 Å². The first-order chi connectivity index (χ1) is 16.4. The van der Waals surface area contributed by atoms with Gasteiger partial charge < -0.3 is 14.6 Å². The monoisotopic (exact) mass is 474 g/mol. The number of ether oxygens (including phenoxy) is 2. The van der Waals surface area contributed by atoms with Crippen molar-refractivity contribution in [2.75, 3.05) is 19.1 Å². The molecule has 8 heteroatoms. The SMILES string of the molecule is COc1ccc(Cl)c(/C(O)=C2\C(=O)C(=O)N(c3ccc(C#N)cc3)C2c2ccccc2OC)c1. The average Bonchev–Trinajstić information content (AvgIpc) is 3.14. The third-order valence-electron chi connectivity index (χ3n) is 5.58. The van der Waals surface area contributed by atoms with E-state index in [2.05, 4.69) is 0 Å². The van der Waals surface area contributed by atoms with Crippen LogP contribution in [0.1, 0.15) is 22.7 Å². The van der Waals surface area contributed by atoms with E-state index in [4.69, 9.17) is 26.3 Å². The van der Waals surface area contributed by atoms with Gasteiger partial charge in [0.25, 0.3) is 11.7 Å². The van der Waals surface area contributed by atoms with E-state index in [9.17, 15) is 14.7 Å². The Morgan fingerprint density at radius 2 is 1.74 bits per heavy atom. The Bertz CT molecular complexity index is 1360. The summed E-state index contributed by atoms with van der Waals surface area (Å²) in [4.78, 5) is 27.8. The molecule has 0 saturated carbocycles. The molecule has 34 heavy (non-hydrogen) atoms. The van der Waals surface area contributed by atoms with Crippen molar-refractivity contribution in [3.8, 4) is 17.6 Å². The number of hydrogen-bond donors (Lipinski definition) is 1. The van der Waals surface area contributed by atoms with Crippen LogP contribution in [0, 0.1) is 11.3 Å². The number of benzene rings is 3. The van der Waals surface area contributed by atoms with Gasteiger partial charge in [-0.25, -0.2) is 0 Å². The maximum Gasteiger partial charge on any atom is 0.300 e. The summed E-state index contributed by atoms with van der Waals surface area (Å²) in [5, 5.41) is 20.6. The molecule has 0 aromatic heterocycles. The molecule has 1 aliphatic rings. The van der Waals surface area contributed by atoms with Crippen LogP contribution >= 0.6 is 11.6 Å². The van der Waals surface area contributed by atoms with Crippen LogP contribution in [0.2, 0.25) is 5.02 Å². The van der Waals surface area contributed by atoms with Gasteiger partial charge in [0.05, 0.1) is 42.5 Å². The van der Waals surface area contributed by atoms with Crippen LogP contribution in [0.5, 0.6) is 11.5 Å². The second kappa shape index (κ2) is 9.30. The van der Waals surface area contributed by atoms with E-state index in [1.54, 1.807) is 54.6 Å². The molecule has 3 aromatic rings. The standard InChI is InChI=1S/C26H19ClN2O5/c1-33-17-11-12-20(27)19(13-17)24(30)22-23(18-5-3-4-6-21(18)34-2)29(26(32)25(22)31)16-9-7-15(14-28)8-10-16/h3-13,23,30H,1-2H3/b24-22+. The second-order valence-corrected chi connectivity index (χ2v) is 7.82. The Hall–Kier alpha value is -4.28. The molecule has 1 unspecified atom stereocenters. The predicted molar refractivity (Wildman–Crippen MR) is 127 cm³/mol. The lowest BCUT2D eigenvalue weighted by atomic mass is 9.94. The number of ketones is 1. The third-order valence-corrected chi connectivity index (χ3v) is 5.91. The fourth-order valence-corrected chi connectivity index (χ4v) is 4.15. The zero-order chi connectivity index (χ0) is 24.4. The zero-order valence-electron chi connectivity index (χ0n) is 18.3. The summed E-state index contributed by atoms with van der Waals surface area (Å²) >= 11 is 6.33. The molecular formula is C26H19ClN2O5. The van der Waals surface area contributed by atoms with Crippen LogP contribution in [0.25, 0.3) is 5.76 Å². The lowest BCUT2D eigenvalue weighted by molar-refractivity contribution is -0.132. The second-order valence-electron chi connectivity index (χ2n) is 7.42.